The Labute approximate surface area is 379 Å². The molecule has 0 radical (unpaired) electrons. The number of fused-ring (bicyclic) bond motifs is 10. The van der Waals surface area contributed by atoms with Crippen LogP contribution >= 0.6 is 11.8 Å². The van der Waals surface area contributed by atoms with Gasteiger partial charge in [-0.2, -0.15) is 0 Å². The van der Waals surface area contributed by atoms with Gasteiger partial charge in [-0.05, 0) is 88.5 Å². The standard InChI is InChI=1S/C58H38N6S/c59-48-33-40(58-61-56(37-16-5-2-6-17-37)60-57(62-58)39-19-13-18-38(32-39)36-14-3-1-4-15-36)27-30-51(48)64-49-23-10-7-20-43(49)45-29-31-52-54(55(45)64)46-22-8-11-24-50(46)63(52)42-28-26-41-35-65-53-25-12-9-21-44(53)47(41)34-42/h1-34H,35,59H2. The zero-order chi connectivity index (χ0) is 43.0. The molecule has 7 heteroatoms. The van der Waals surface area contributed by atoms with Gasteiger partial charge in [-0.15, -0.1) is 11.8 Å². The van der Waals surface area contributed by atoms with Crippen molar-refractivity contribution in [2.75, 3.05) is 5.73 Å². The highest BCUT2D eigenvalue weighted by Crippen LogP contribution is 2.46. The molecule has 1 aliphatic heterocycles. The van der Waals surface area contributed by atoms with E-state index in [4.69, 9.17) is 20.7 Å². The first kappa shape index (κ1) is 37.3. The van der Waals surface area contributed by atoms with Crippen LogP contribution in [0.2, 0.25) is 0 Å². The Morgan fingerprint density at radius 1 is 0.415 bits per heavy atom. The molecule has 306 valence electrons. The first-order valence-electron chi connectivity index (χ1n) is 21.8. The Kier molecular flexibility index (Phi) is 8.57. The minimum absolute atomic E-state index is 0.552. The number of benzene rings is 9. The van der Waals surface area contributed by atoms with Crippen LogP contribution in [0.25, 0.3) is 111 Å². The fraction of sp³-hybridized carbons (Fsp3) is 0.0172. The zero-order valence-corrected chi connectivity index (χ0v) is 35.9. The minimum atomic E-state index is 0.552. The van der Waals surface area contributed by atoms with E-state index in [0.29, 0.717) is 23.2 Å². The smallest absolute Gasteiger partial charge is 0.164 e. The van der Waals surface area contributed by atoms with Gasteiger partial charge in [0, 0.05) is 54.6 Å². The van der Waals surface area contributed by atoms with Crippen LogP contribution in [0.3, 0.4) is 0 Å². The van der Waals surface area contributed by atoms with E-state index in [9.17, 15) is 0 Å². The van der Waals surface area contributed by atoms with Gasteiger partial charge in [-0.3, -0.25) is 0 Å². The summed E-state index contributed by atoms with van der Waals surface area (Å²) in [5, 5.41) is 4.70. The molecule has 0 spiro atoms. The lowest BCUT2D eigenvalue weighted by Crippen LogP contribution is -2.03. The largest absolute Gasteiger partial charge is 0.397 e. The molecule has 1 aliphatic rings. The second-order valence-corrected chi connectivity index (χ2v) is 17.6. The average molecular weight is 851 g/mol. The minimum Gasteiger partial charge on any atom is -0.397 e. The summed E-state index contributed by atoms with van der Waals surface area (Å²) < 4.78 is 4.79. The van der Waals surface area contributed by atoms with E-state index in [1.807, 2.05) is 54.2 Å². The molecule has 0 fully saturated rings. The summed E-state index contributed by atoms with van der Waals surface area (Å²) in [4.78, 5) is 16.6. The maximum Gasteiger partial charge on any atom is 0.164 e. The number of hydrogen-bond donors (Lipinski definition) is 1. The van der Waals surface area contributed by atoms with Gasteiger partial charge in [0.25, 0.3) is 0 Å². The fourth-order valence-electron chi connectivity index (χ4n) is 9.80. The molecule has 9 aromatic carbocycles. The van der Waals surface area contributed by atoms with Crippen LogP contribution in [0.1, 0.15) is 5.56 Å². The van der Waals surface area contributed by atoms with Gasteiger partial charge < -0.3 is 14.9 Å². The van der Waals surface area contributed by atoms with Crippen LogP contribution in [-0.4, -0.2) is 24.1 Å². The third-order valence-electron chi connectivity index (χ3n) is 12.8. The molecule has 0 atom stereocenters. The zero-order valence-electron chi connectivity index (χ0n) is 35.1. The first-order chi connectivity index (χ1) is 32.1. The SMILES string of the molecule is Nc1cc(-c2nc(-c3ccccc3)nc(-c3cccc(-c4ccccc4)c3)n2)ccc1-n1c2ccccc2c2ccc3c(c4ccccc4n3-c3ccc4c(c3)-c3ccccc3SC4)c21. The van der Waals surface area contributed by atoms with Crippen molar-refractivity contribution in [3.63, 3.8) is 0 Å². The molecule has 6 nitrogen and oxygen atoms in total. The highest BCUT2D eigenvalue weighted by molar-refractivity contribution is 7.98. The van der Waals surface area contributed by atoms with Crippen molar-refractivity contribution in [1.29, 1.82) is 0 Å². The molecule has 3 aromatic heterocycles. The lowest BCUT2D eigenvalue weighted by atomic mass is 9.99. The molecule has 2 N–H and O–H groups in total. The number of nitrogens with two attached hydrogens (primary N) is 1. The topological polar surface area (TPSA) is 74.6 Å². The Morgan fingerprint density at radius 2 is 1.05 bits per heavy atom. The maximum absolute atomic E-state index is 7.27. The van der Waals surface area contributed by atoms with Crippen LogP contribution < -0.4 is 5.73 Å². The maximum atomic E-state index is 7.27. The molecule has 65 heavy (non-hydrogen) atoms. The lowest BCUT2D eigenvalue weighted by molar-refractivity contribution is 1.07. The predicted octanol–water partition coefficient (Wildman–Crippen LogP) is 14.6. The van der Waals surface area contributed by atoms with Gasteiger partial charge in [0.05, 0.1) is 33.4 Å². The van der Waals surface area contributed by atoms with E-state index in [2.05, 4.69) is 173 Å². The molecule has 12 aromatic rings. The molecule has 0 saturated heterocycles. The summed E-state index contributed by atoms with van der Waals surface area (Å²) in [6.45, 7) is 0. The third kappa shape index (κ3) is 6.08. The quantitative estimate of drug-likeness (QED) is 0.169. The van der Waals surface area contributed by atoms with Gasteiger partial charge in [-0.1, -0.05) is 146 Å². The second-order valence-electron chi connectivity index (χ2n) is 16.6. The van der Waals surface area contributed by atoms with Crippen molar-refractivity contribution in [2.45, 2.75) is 10.6 Å². The van der Waals surface area contributed by atoms with Crippen molar-refractivity contribution >= 4 is 61.1 Å². The van der Waals surface area contributed by atoms with Crippen molar-refractivity contribution in [3.8, 4) is 67.8 Å². The number of aromatic nitrogens is 5. The van der Waals surface area contributed by atoms with Crippen molar-refractivity contribution in [2.24, 2.45) is 0 Å². The molecule has 0 unspecified atom stereocenters. The fourth-order valence-corrected chi connectivity index (χ4v) is 10.9. The molecule has 0 bridgehead atoms. The van der Waals surface area contributed by atoms with Crippen molar-refractivity contribution in [3.05, 3.63) is 212 Å². The van der Waals surface area contributed by atoms with Crippen LogP contribution in [-0.2, 0) is 5.75 Å². The van der Waals surface area contributed by atoms with Gasteiger partial charge in [0.2, 0.25) is 0 Å². The van der Waals surface area contributed by atoms with E-state index in [-0.39, 0.29) is 0 Å². The normalized spacial score (nSPS) is 12.2. The Morgan fingerprint density at radius 3 is 1.83 bits per heavy atom. The molecule has 0 saturated carbocycles. The molecule has 13 rings (SSSR count). The second kappa shape index (κ2) is 14.9. The summed E-state index contributed by atoms with van der Waals surface area (Å²) in [6, 6.07) is 72.8. The number of para-hydroxylation sites is 2. The summed E-state index contributed by atoms with van der Waals surface area (Å²) in [6.07, 6.45) is 0. The molecular formula is C58H38N6S. The first-order valence-corrected chi connectivity index (χ1v) is 22.8. The van der Waals surface area contributed by atoms with Crippen molar-refractivity contribution < 1.29 is 0 Å². The van der Waals surface area contributed by atoms with Crippen LogP contribution in [0.4, 0.5) is 5.69 Å². The highest BCUT2D eigenvalue weighted by atomic mass is 32.2. The van der Waals surface area contributed by atoms with Gasteiger partial charge in [-0.25, -0.2) is 15.0 Å². The Bertz CT molecular complexity index is 3850. The van der Waals surface area contributed by atoms with Crippen LogP contribution in [0.5, 0.6) is 0 Å². The predicted molar refractivity (Wildman–Crippen MR) is 270 cm³/mol. The summed E-state index contributed by atoms with van der Waals surface area (Å²) >= 11 is 1.91. The van der Waals surface area contributed by atoms with Gasteiger partial charge in [0.1, 0.15) is 0 Å². The van der Waals surface area contributed by atoms with E-state index in [1.165, 1.54) is 43.1 Å². The number of hydrogen-bond acceptors (Lipinski definition) is 5. The van der Waals surface area contributed by atoms with Gasteiger partial charge >= 0.3 is 0 Å². The number of thioether (sulfide) groups is 1. The lowest BCUT2D eigenvalue weighted by Gasteiger charge is -2.20. The molecule has 0 aliphatic carbocycles. The highest BCUT2D eigenvalue weighted by Gasteiger charge is 2.24. The number of nitrogen functional groups attached to an aromatic ring is 1. The Hall–Kier alpha value is -8.26. The van der Waals surface area contributed by atoms with Crippen molar-refractivity contribution in [1.82, 2.24) is 24.1 Å². The number of rotatable bonds is 6. The molecular weight excluding hydrogens is 813 g/mol. The number of nitrogens with zero attached hydrogens (tertiary/aromatic N) is 5. The summed E-state index contributed by atoms with van der Waals surface area (Å²) in [5.41, 5.74) is 23.2. The Balaban J connectivity index is 0.998. The van der Waals surface area contributed by atoms with E-state index < -0.39 is 0 Å². The summed E-state index contributed by atoms with van der Waals surface area (Å²) in [7, 11) is 0. The average Bonchev–Trinajstić information content (AvgIpc) is 3.89. The van der Waals surface area contributed by atoms with E-state index >= 15 is 0 Å². The van der Waals surface area contributed by atoms with Crippen LogP contribution in [0, 0.1) is 0 Å². The summed E-state index contributed by atoms with van der Waals surface area (Å²) in [5.74, 6) is 2.71. The van der Waals surface area contributed by atoms with Gasteiger partial charge in [0.15, 0.2) is 17.5 Å². The molecule has 4 heterocycles. The molecule has 0 amide bonds. The van der Waals surface area contributed by atoms with E-state index in [1.54, 1.807) is 0 Å². The van der Waals surface area contributed by atoms with Crippen LogP contribution in [0.15, 0.2) is 211 Å². The number of anilines is 1. The third-order valence-corrected chi connectivity index (χ3v) is 13.9. The monoisotopic (exact) mass is 850 g/mol. The van der Waals surface area contributed by atoms with E-state index in [0.717, 1.165) is 67.0 Å².